The van der Waals surface area contributed by atoms with Crippen molar-refractivity contribution in [2.75, 3.05) is 13.6 Å². The van der Waals surface area contributed by atoms with Crippen molar-refractivity contribution in [1.82, 2.24) is 10.2 Å². The first kappa shape index (κ1) is 10.9. The van der Waals surface area contributed by atoms with Gasteiger partial charge in [0.1, 0.15) is 0 Å². The van der Waals surface area contributed by atoms with Gasteiger partial charge in [-0.15, -0.1) is 0 Å². The summed E-state index contributed by atoms with van der Waals surface area (Å²) in [6, 6.07) is -0.303. The monoisotopic (exact) mass is 172 g/mol. The average Bonchev–Trinajstić information content (AvgIpc) is 2.05. The third-order valence-corrected chi connectivity index (χ3v) is 1.57. The highest BCUT2D eigenvalue weighted by atomic mass is 16.2. The zero-order valence-electron chi connectivity index (χ0n) is 8.05. The molecule has 0 aromatic rings. The van der Waals surface area contributed by atoms with Gasteiger partial charge in [0, 0.05) is 13.6 Å². The van der Waals surface area contributed by atoms with Gasteiger partial charge in [0.2, 0.25) is 5.91 Å². The number of rotatable bonds is 0. The molecule has 1 unspecified atom stereocenters. The second-order valence-electron chi connectivity index (χ2n) is 2.58. The summed E-state index contributed by atoms with van der Waals surface area (Å²) in [6.07, 6.45) is 0. The van der Waals surface area contributed by atoms with Gasteiger partial charge >= 0.3 is 6.03 Å². The predicted molar refractivity (Wildman–Crippen MR) is 46.7 cm³/mol. The molecular weight excluding hydrogens is 156 g/mol. The highest BCUT2D eigenvalue weighted by Gasteiger charge is 2.25. The van der Waals surface area contributed by atoms with E-state index in [1.54, 1.807) is 14.0 Å². The second-order valence-corrected chi connectivity index (χ2v) is 2.58. The summed E-state index contributed by atoms with van der Waals surface area (Å²) in [6.45, 7) is 6.31. The second kappa shape index (κ2) is 4.74. The number of amides is 3. The van der Waals surface area contributed by atoms with E-state index in [4.69, 9.17) is 0 Å². The Hall–Kier alpha value is -1.06. The molecule has 1 atom stereocenters. The minimum Gasteiger partial charge on any atom is -0.327 e. The minimum atomic E-state index is -0.303. The van der Waals surface area contributed by atoms with Crippen molar-refractivity contribution in [2.45, 2.75) is 20.8 Å². The molecule has 0 radical (unpaired) electrons. The first-order chi connectivity index (χ1) is 5.61. The first-order valence-electron chi connectivity index (χ1n) is 4.17. The summed E-state index contributed by atoms with van der Waals surface area (Å²) < 4.78 is 0. The number of carbonyl (C=O) groups excluding carboxylic acids is 2. The van der Waals surface area contributed by atoms with Crippen LogP contribution in [0.15, 0.2) is 0 Å². The predicted octanol–water partition coefficient (Wildman–Crippen LogP) is 0.830. The Labute approximate surface area is 72.9 Å². The van der Waals surface area contributed by atoms with Gasteiger partial charge < -0.3 is 4.90 Å². The molecule has 0 spiro atoms. The van der Waals surface area contributed by atoms with E-state index in [-0.39, 0.29) is 17.9 Å². The molecule has 1 aliphatic rings. The number of imide groups is 1. The molecule has 0 aromatic heterocycles. The standard InChI is InChI=1S/C6H10N2O2.C2H6/c1-4-3-8(2)6(10)7-5(4)9;1-2/h4H,3H2,1-2H3,(H,7,9,10);1-2H3. The normalized spacial score (nSPS) is 22.7. The molecule has 12 heavy (non-hydrogen) atoms. The van der Waals surface area contributed by atoms with Crippen LogP contribution in [0.3, 0.4) is 0 Å². The minimum absolute atomic E-state index is 0.0808. The number of hydrogen-bond donors (Lipinski definition) is 1. The van der Waals surface area contributed by atoms with E-state index in [1.807, 2.05) is 13.8 Å². The van der Waals surface area contributed by atoms with Crippen LogP contribution in [0.2, 0.25) is 0 Å². The zero-order chi connectivity index (χ0) is 9.72. The Morgan fingerprint density at radius 3 is 2.33 bits per heavy atom. The average molecular weight is 172 g/mol. The summed E-state index contributed by atoms with van der Waals surface area (Å²) in [5.74, 6) is -0.259. The van der Waals surface area contributed by atoms with Crippen molar-refractivity contribution >= 4 is 11.9 Å². The van der Waals surface area contributed by atoms with Crippen molar-refractivity contribution in [3.8, 4) is 0 Å². The number of nitrogens with one attached hydrogen (secondary N) is 1. The molecular formula is C8H16N2O2. The molecule has 1 N–H and O–H groups in total. The molecule has 1 aliphatic heterocycles. The van der Waals surface area contributed by atoms with E-state index in [0.29, 0.717) is 6.54 Å². The number of carbonyl (C=O) groups is 2. The SMILES string of the molecule is CC.CC1CN(C)C(=O)NC1=O. The summed E-state index contributed by atoms with van der Waals surface area (Å²) >= 11 is 0. The maximum atomic E-state index is 10.8. The Morgan fingerprint density at radius 2 is 1.92 bits per heavy atom. The van der Waals surface area contributed by atoms with Crippen LogP contribution < -0.4 is 5.32 Å². The maximum absolute atomic E-state index is 10.8. The summed E-state index contributed by atoms with van der Waals surface area (Å²) in [7, 11) is 1.66. The van der Waals surface area contributed by atoms with E-state index in [9.17, 15) is 9.59 Å². The molecule has 1 rings (SSSR count). The lowest BCUT2D eigenvalue weighted by molar-refractivity contribution is -0.125. The fourth-order valence-corrected chi connectivity index (χ4v) is 0.901. The Bertz CT molecular complexity index is 162. The largest absolute Gasteiger partial charge is 0.327 e. The summed E-state index contributed by atoms with van der Waals surface area (Å²) in [5.41, 5.74) is 0. The lowest BCUT2D eigenvalue weighted by Crippen LogP contribution is -2.51. The highest BCUT2D eigenvalue weighted by Crippen LogP contribution is 2.03. The lowest BCUT2D eigenvalue weighted by atomic mass is 10.1. The van der Waals surface area contributed by atoms with Crippen LogP contribution in [-0.2, 0) is 4.79 Å². The Balaban J connectivity index is 0.000000561. The van der Waals surface area contributed by atoms with Gasteiger partial charge in [-0.1, -0.05) is 20.8 Å². The fourth-order valence-electron chi connectivity index (χ4n) is 0.901. The molecule has 3 amide bonds. The molecule has 0 saturated carbocycles. The topological polar surface area (TPSA) is 49.4 Å². The van der Waals surface area contributed by atoms with E-state index in [0.717, 1.165) is 0 Å². The van der Waals surface area contributed by atoms with Crippen molar-refractivity contribution in [3.63, 3.8) is 0 Å². The molecule has 1 heterocycles. The van der Waals surface area contributed by atoms with E-state index in [1.165, 1.54) is 4.90 Å². The van der Waals surface area contributed by atoms with Gasteiger partial charge in [0.15, 0.2) is 0 Å². The number of nitrogens with zero attached hydrogens (tertiary/aromatic N) is 1. The quantitative estimate of drug-likeness (QED) is 0.588. The third-order valence-electron chi connectivity index (χ3n) is 1.57. The van der Waals surface area contributed by atoms with Gasteiger partial charge in [0.05, 0.1) is 5.92 Å². The van der Waals surface area contributed by atoms with Gasteiger partial charge in [0.25, 0.3) is 0 Å². The molecule has 1 fully saturated rings. The van der Waals surface area contributed by atoms with Crippen LogP contribution >= 0.6 is 0 Å². The molecule has 70 valence electrons. The van der Waals surface area contributed by atoms with Crippen LogP contribution in [0, 0.1) is 5.92 Å². The number of hydrogen-bond acceptors (Lipinski definition) is 2. The van der Waals surface area contributed by atoms with E-state index in [2.05, 4.69) is 5.32 Å². The lowest BCUT2D eigenvalue weighted by Gasteiger charge is -2.26. The van der Waals surface area contributed by atoms with Crippen molar-refractivity contribution < 1.29 is 9.59 Å². The summed E-state index contributed by atoms with van der Waals surface area (Å²) in [5, 5.41) is 2.23. The van der Waals surface area contributed by atoms with Crippen LogP contribution in [0.25, 0.3) is 0 Å². The van der Waals surface area contributed by atoms with Gasteiger partial charge in [-0.25, -0.2) is 4.79 Å². The van der Waals surface area contributed by atoms with Crippen molar-refractivity contribution in [3.05, 3.63) is 0 Å². The van der Waals surface area contributed by atoms with Crippen molar-refractivity contribution in [2.24, 2.45) is 5.92 Å². The van der Waals surface area contributed by atoms with Gasteiger partial charge in [-0.05, 0) is 0 Å². The van der Waals surface area contributed by atoms with Crippen LogP contribution in [-0.4, -0.2) is 30.4 Å². The van der Waals surface area contributed by atoms with Gasteiger partial charge in [-0.2, -0.15) is 0 Å². The maximum Gasteiger partial charge on any atom is 0.323 e. The fraction of sp³-hybridized carbons (Fsp3) is 0.750. The Kier molecular flexibility index (Phi) is 4.33. The Morgan fingerprint density at radius 1 is 1.42 bits per heavy atom. The molecule has 0 bridgehead atoms. The van der Waals surface area contributed by atoms with Crippen LogP contribution in [0.5, 0.6) is 0 Å². The van der Waals surface area contributed by atoms with Crippen molar-refractivity contribution in [1.29, 1.82) is 0 Å². The molecule has 0 aromatic carbocycles. The smallest absolute Gasteiger partial charge is 0.323 e. The highest BCUT2D eigenvalue weighted by molar-refractivity contribution is 5.97. The molecule has 4 heteroatoms. The third kappa shape index (κ3) is 2.53. The molecule has 1 saturated heterocycles. The molecule has 0 aliphatic carbocycles. The number of urea groups is 1. The van der Waals surface area contributed by atoms with Crippen LogP contribution in [0.1, 0.15) is 20.8 Å². The van der Waals surface area contributed by atoms with E-state index < -0.39 is 0 Å². The zero-order valence-corrected chi connectivity index (χ0v) is 8.05. The van der Waals surface area contributed by atoms with Gasteiger partial charge in [-0.3, -0.25) is 10.1 Å². The summed E-state index contributed by atoms with van der Waals surface area (Å²) in [4.78, 5) is 23.0. The molecule has 4 nitrogen and oxygen atoms in total. The first-order valence-corrected chi connectivity index (χ1v) is 4.17. The van der Waals surface area contributed by atoms with Crippen LogP contribution in [0.4, 0.5) is 4.79 Å². The van der Waals surface area contributed by atoms with E-state index >= 15 is 0 Å².